The quantitative estimate of drug-likeness (QED) is 0.868. The van der Waals surface area contributed by atoms with E-state index in [0.717, 1.165) is 37.6 Å². The van der Waals surface area contributed by atoms with Gasteiger partial charge in [0.1, 0.15) is 0 Å². The van der Waals surface area contributed by atoms with E-state index in [1.54, 1.807) is 6.92 Å². The van der Waals surface area contributed by atoms with Crippen molar-refractivity contribution in [3.05, 3.63) is 24.3 Å². The predicted octanol–water partition coefficient (Wildman–Crippen LogP) is 1.70. The lowest BCUT2D eigenvalue weighted by Gasteiger charge is -2.38. The van der Waals surface area contributed by atoms with Crippen LogP contribution in [0.3, 0.4) is 0 Å². The summed E-state index contributed by atoms with van der Waals surface area (Å²) in [6.07, 6.45) is 1.32. The van der Waals surface area contributed by atoms with Crippen LogP contribution in [0.4, 0.5) is 11.4 Å². The molecule has 1 aromatic rings. The first-order valence-corrected chi connectivity index (χ1v) is 9.15. The van der Waals surface area contributed by atoms with E-state index in [9.17, 15) is 9.90 Å². The van der Waals surface area contributed by atoms with Gasteiger partial charge >= 0.3 is 0 Å². The van der Waals surface area contributed by atoms with Crippen molar-refractivity contribution >= 4 is 17.3 Å². The minimum atomic E-state index is -0.721. The van der Waals surface area contributed by atoms with Crippen LogP contribution in [0.15, 0.2) is 24.3 Å². The number of hydrogen-bond donors (Lipinski definition) is 2. The van der Waals surface area contributed by atoms with Crippen LogP contribution in [-0.2, 0) is 9.53 Å². The number of amides is 1. The lowest BCUT2D eigenvalue weighted by atomic mass is 9.87. The topological polar surface area (TPSA) is 65.0 Å². The smallest absolute Gasteiger partial charge is 0.219 e. The molecule has 0 aromatic heterocycles. The van der Waals surface area contributed by atoms with E-state index in [4.69, 9.17) is 4.74 Å². The number of benzene rings is 1. The fourth-order valence-electron chi connectivity index (χ4n) is 3.61. The maximum absolute atomic E-state index is 11.5. The van der Waals surface area contributed by atoms with Crippen LogP contribution in [0, 0.1) is 0 Å². The predicted molar refractivity (Wildman–Crippen MR) is 99.0 cm³/mol. The van der Waals surface area contributed by atoms with Crippen LogP contribution in [0.1, 0.15) is 26.7 Å². The third-order valence-electron chi connectivity index (χ3n) is 5.48. The largest absolute Gasteiger partial charge is 0.388 e. The second kappa shape index (κ2) is 7.62. The molecular weight excluding hydrogens is 318 g/mol. The van der Waals surface area contributed by atoms with Crippen LogP contribution in [0.25, 0.3) is 0 Å². The average Bonchev–Trinajstić information content (AvgIpc) is 2.62. The molecular formula is C19H29N3O3. The van der Waals surface area contributed by atoms with Crippen molar-refractivity contribution in [2.75, 3.05) is 49.6 Å². The second-order valence-electron chi connectivity index (χ2n) is 7.13. The molecule has 1 unspecified atom stereocenters. The molecule has 6 nitrogen and oxygen atoms in total. The summed E-state index contributed by atoms with van der Waals surface area (Å²) < 4.78 is 5.37. The summed E-state index contributed by atoms with van der Waals surface area (Å²) in [5, 5.41) is 14.3. The minimum absolute atomic E-state index is 0.0405. The summed E-state index contributed by atoms with van der Waals surface area (Å²) in [5.74, 6) is 0.147. The summed E-state index contributed by atoms with van der Waals surface area (Å²) in [5.41, 5.74) is 1.44. The van der Waals surface area contributed by atoms with Crippen molar-refractivity contribution in [3.63, 3.8) is 0 Å². The fourth-order valence-corrected chi connectivity index (χ4v) is 3.61. The number of nitrogens with zero attached hydrogens (tertiary/aromatic N) is 2. The van der Waals surface area contributed by atoms with Gasteiger partial charge in [-0.05, 0) is 25.1 Å². The molecule has 2 fully saturated rings. The zero-order chi connectivity index (χ0) is 17.9. The summed E-state index contributed by atoms with van der Waals surface area (Å²) in [6.45, 7) is 8.12. The molecule has 0 spiro atoms. The van der Waals surface area contributed by atoms with Gasteiger partial charge in [0.05, 0.1) is 11.6 Å². The highest BCUT2D eigenvalue weighted by Gasteiger charge is 2.35. The van der Waals surface area contributed by atoms with E-state index in [1.807, 2.05) is 24.0 Å². The van der Waals surface area contributed by atoms with Crippen LogP contribution >= 0.6 is 0 Å². The van der Waals surface area contributed by atoms with E-state index >= 15 is 0 Å². The van der Waals surface area contributed by atoms with Gasteiger partial charge in [-0.2, -0.15) is 0 Å². The number of hydrogen-bond acceptors (Lipinski definition) is 5. The van der Waals surface area contributed by atoms with Crippen LogP contribution < -0.4 is 10.2 Å². The Hall–Kier alpha value is -1.79. The summed E-state index contributed by atoms with van der Waals surface area (Å²) >= 11 is 0. The number of carbonyl (C=O) groups is 1. The zero-order valence-electron chi connectivity index (χ0n) is 15.2. The maximum Gasteiger partial charge on any atom is 0.219 e. The van der Waals surface area contributed by atoms with E-state index in [0.29, 0.717) is 26.1 Å². The van der Waals surface area contributed by atoms with Crippen molar-refractivity contribution in [1.82, 2.24) is 4.90 Å². The molecule has 0 aliphatic carbocycles. The molecule has 138 valence electrons. The minimum Gasteiger partial charge on any atom is -0.388 e. The Morgan fingerprint density at radius 2 is 1.92 bits per heavy atom. The Bertz CT molecular complexity index is 593. The van der Waals surface area contributed by atoms with Crippen molar-refractivity contribution < 1.29 is 14.6 Å². The second-order valence-corrected chi connectivity index (χ2v) is 7.13. The SMILES string of the molecule is CC(=O)N1CCN(c2cccc(NC(C)C3(O)CCOCC3)c2)CC1. The molecule has 2 heterocycles. The van der Waals surface area contributed by atoms with Gasteiger partial charge < -0.3 is 25.0 Å². The van der Waals surface area contributed by atoms with E-state index < -0.39 is 5.60 Å². The third-order valence-corrected chi connectivity index (χ3v) is 5.48. The van der Waals surface area contributed by atoms with Gasteiger partial charge in [0.2, 0.25) is 5.91 Å². The molecule has 25 heavy (non-hydrogen) atoms. The Kier molecular flexibility index (Phi) is 5.49. The lowest BCUT2D eigenvalue weighted by Crippen LogP contribution is -2.49. The van der Waals surface area contributed by atoms with Crippen LogP contribution in [-0.4, -0.2) is 66.9 Å². The molecule has 1 atom stereocenters. The third kappa shape index (κ3) is 4.25. The molecule has 2 aliphatic rings. The first kappa shape index (κ1) is 18.0. The lowest BCUT2D eigenvalue weighted by molar-refractivity contribution is -0.129. The molecule has 2 N–H and O–H groups in total. The molecule has 1 amide bonds. The van der Waals surface area contributed by atoms with Gasteiger partial charge in [0.25, 0.3) is 0 Å². The highest BCUT2D eigenvalue weighted by Crippen LogP contribution is 2.28. The van der Waals surface area contributed by atoms with Crippen molar-refractivity contribution in [3.8, 4) is 0 Å². The number of rotatable bonds is 4. The van der Waals surface area contributed by atoms with Gasteiger partial charge in [-0.3, -0.25) is 4.79 Å². The first-order chi connectivity index (χ1) is 12.0. The molecule has 6 heteroatoms. The van der Waals surface area contributed by atoms with Crippen LogP contribution in [0.5, 0.6) is 0 Å². The Labute approximate surface area is 149 Å². The maximum atomic E-state index is 11.5. The number of piperazine rings is 1. The summed E-state index contributed by atoms with van der Waals surface area (Å²) in [4.78, 5) is 15.7. The normalized spacial score (nSPS) is 21.7. The Morgan fingerprint density at radius 1 is 1.24 bits per heavy atom. The van der Waals surface area contributed by atoms with E-state index in [-0.39, 0.29) is 11.9 Å². The average molecular weight is 347 g/mol. The standard InChI is InChI=1S/C19H29N3O3/c1-15(19(24)6-12-25-13-7-19)20-17-4-3-5-18(14-17)22-10-8-21(9-11-22)16(2)23/h3-5,14-15,20,24H,6-13H2,1-2H3. The van der Waals surface area contributed by atoms with E-state index in [2.05, 4.69) is 22.3 Å². The van der Waals surface area contributed by atoms with Gasteiger partial charge in [0, 0.05) is 70.5 Å². The fraction of sp³-hybridized carbons (Fsp3) is 0.632. The van der Waals surface area contributed by atoms with Gasteiger partial charge in [0.15, 0.2) is 0 Å². The summed E-state index contributed by atoms with van der Waals surface area (Å²) in [6, 6.07) is 8.26. The number of nitrogens with one attached hydrogen (secondary N) is 1. The molecule has 2 aliphatic heterocycles. The molecule has 2 saturated heterocycles. The van der Waals surface area contributed by atoms with E-state index in [1.165, 1.54) is 0 Å². The van der Waals surface area contributed by atoms with Gasteiger partial charge in [-0.1, -0.05) is 6.07 Å². The van der Waals surface area contributed by atoms with Crippen molar-refractivity contribution in [1.29, 1.82) is 0 Å². The zero-order valence-corrected chi connectivity index (χ0v) is 15.2. The molecule has 0 radical (unpaired) electrons. The van der Waals surface area contributed by atoms with Gasteiger partial charge in [-0.15, -0.1) is 0 Å². The molecule has 3 rings (SSSR count). The first-order valence-electron chi connectivity index (χ1n) is 9.15. The molecule has 0 saturated carbocycles. The monoisotopic (exact) mass is 347 g/mol. The summed E-state index contributed by atoms with van der Waals surface area (Å²) in [7, 11) is 0. The number of aliphatic hydroxyl groups is 1. The van der Waals surface area contributed by atoms with Crippen LogP contribution in [0.2, 0.25) is 0 Å². The Morgan fingerprint density at radius 3 is 2.56 bits per heavy atom. The Balaban J connectivity index is 1.63. The van der Waals surface area contributed by atoms with Crippen molar-refractivity contribution in [2.24, 2.45) is 0 Å². The number of anilines is 2. The number of ether oxygens (including phenoxy) is 1. The number of carbonyl (C=O) groups excluding carboxylic acids is 1. The van der Waals surface area contributed by atoms with Gasteiger partial charge in [-0.25, -0.2) is 0 Å². The molecule has 1 aromatic carbocycles. The highest BCUT2D eigenvalue weighted by atomic mass is 16.5. The highest BCUT2D eigenvalue weighted by molar-refractivity contribution is 5.73. The molecule has 0 bridgehead atoms. The van der Waals surface area contributed by atoms with Crippen molar-refractivity contribution in [2.45, 2.75) is 38.3 Å².